The third kappa shape index (κ3) is 4.01. The van der Waals surface area contributed by atoms with Crippen LogP contribution >= 0.6 is 0 Å². The largest absolute Gasteiger partial charge is 0.374 e. The van der Waals surface area contributed by atoms with Gasteiger partial charge in [-0.15, -0.1) is 0 Å². The lowest BCUT2D eigenvalue weighted by molar-refractivity contribution is 0.0657. The SMILES string of the molecule is CC(C)OCc1ccc(S(C)(=O)=O)cc1. The van der Waals surface area contributed by atoms with Crippen molar-refractivity contribution >= 4 is 9.84 Å². The second-order valence-electron chi connectivity index (χ2n) is 3.78. The summed E-state index contributed by atoms with van der Waals surface area (Å²) in [7, 11) is -3.09. The molecule has 0 N–H and O–H groups in total. The van der Waals surface area contributed by atoms with Crippen LogP contribution in [0, 0.1) is 0 Å². The number of ether oxygens (including phenoxy) is 1. The molecule has 0 saturated heterocycles. The Balaban J connectivity index is 2.73. The normalized spacial score (nSPS) is 12.0. The maximum absolute atomic E-state index is 11.2. The Kier molecular flexibility index (Phi) is 3.88. The minimum atomic E-state index is -3.09. The molecule has 0 aliphatic rings. The number of rotatable bonds is 4. The summed E-state index contributed by atoms with van der Waals surface area (Å²) in [6.45, 7) is 4.44. The van der Waals surface area contributed by atoms with Gasteiger partial charge in [-0.1, -0.05) is 12.1 Å². The first-order valence-corrected chi connectivity index (χ1v) is 6.69. The van der Waals surface area contributed by atoms with Crippen LogP contribution in [-0.2, 0) is 21.2 Å². The Hall–Kier alpha value is -0.870. The van der Waals surface area contributed by atoms with Crippen LogP contribution in [0.2, 0.25) is 0 Å². The highest BCUT2D eigenvalue weighted by atomic mass is 32.2. The fourth-order valence-corrected chi connectivity index (χ4v) is 1.73. The van der Waals surface area contributed by atoms with Crippen molar-refractivity contribution < 1.29 is 13.2 Å². The van der Waals surface area contributed by atoms with Gasteiger partial charge in [0, 0.05) is 6.26 Å². The summed E-state index contributed by atoms with van der Waals surface area (Å²) < 4.78 is 27.8. The molecule has 0 saturated carbocycles. The molecular weight excluding hydrogens is 212 g/mol. The van der Waals surface area contributed by atoms with Crippen LogP contribution in [0.15, 0.2) is 29.2 Å². The van der Waals surface area contributed by atoms with Crippen LogP contribution in [0.4, 0.5) is 0 Å². The smallest absolute Gasteiger partial charge is 0.175 e. The molecule has 0 radical (unpaired) electrons. The standard InChI is InChI=1S/C11H16O3S/c1-9(2)14-8-10-4-6-11(7-5-10)15(3,12)13/h4-7,9H,8H2,1-3H3. The van der Waals surface area contributed by atoms with E-state index in [2.05, 4.69) is 0 Å². The summed E-state index contributed by atoms with van der Waals surface area (Å²) in [6, 6.07) is 6.76. The van der Waals surface area contributed by atoms with Crippen LogP contribution in [0.1, 0.15) is 19.4 Å². The highest BCUT2D eigenvalue weighted by molar-refractivity contribution is 7.90. The van der Waals surface area contributed by atoms with Gasteiger partial charge < -0.3 is 4.74 Å². The van der Waals surface area contributed by atoms with E-state index < -0.39 is 9.84 Å². The van der Waals surface area contributed by atoms with Crippen molar-refractivity contribution in [2.24, 2.45) is 0 Å². The van der Waals surface area contributed by atoms with Crippen molar-refractivity contribution in [2.45, 2.75) is 31.5 Å². The second-order valence-corrected chi connectivity index (χ2v) is 5.79. The van der Waals surface area contributed by atoms with E-state index in [1.54, 1.807) is 24.3 Å². The topological polar surface area (TPSA) is 43.4 Å². The molecule has 0 heterocycles. The third-order valence-electron chi connectivity index (χ3n) is 1.93. The molecule has 1 rings (SSSR count). The first-order valence-electron chi connectivity index (χ1n) is 4.80. The first kappa shape index (κ1) is 12.2. The first-order chi connectivity index (χ1) is 6.89. The zero-order valence-corrected chi connectivity index (χ0v) is 10.0. The molecule has 0 amide bonds. The van der Waals surface area contributed by atoms with Gasteiger partial charge in [0.2, 0.25) is 0 Å². The molecule has 1 aromatic rings. The van der Waals surface area contributed by atoms with E-state index in [4.69, 9.17) is 4.74 Å². The minimum Gasteiger partial charge on any atom is -0.374 e. The van der Waals surface area contributed by atoms with Crippen molar-refractivity contribution in [2.75, 3.05) is 6.26 Å². The van der Waals surface area contributed by atoms with Crippen molar-refractivity contribution in [1.82, 2.24) is 0 Å². The summed E-state index contributed by atoms with van der Waals surface area (Å²) in [5.74, 6) is 0. The van der Waals surface area contributed by atoms with Gasteiger partial charge in [-0.2, -0.15) is 0 Å². The number of sulfone groups is 1. The lowest BCUT2D eigenvalue weighted by atomic mass is 10.2. The number of hydrogen-bond acceptors (Lipinski definition) is 3. The maximum atomic E-state index is 11.2. The lowest BCUT2D eigenvalue weighted by Gasteiger charge is -2.07. The van der Waals surface area contributed by atoms with E-state index in [1.165, 1.54) is 6.26 Å². The molecule has 84 valence electrons. The summed E-state index contributed by atoms with van der Waals surface area (Å²) in [5, 5.41) is 0. The van der Waals surface area contributed by atoms with E-state index in [9.17, 15) is 8.42 Å². The van der Waals surface area contributed by atoms with Gasteiger partial charge >= 0.3 is 0 Å². The quantitative estimate of drug-likeness (QED) is 0.791. The number of hydrogen-bond donors (Lipinski definition) is 0. The van der Waals surface area contributed by atoms with Crippen LogP contribution < -0.4 is 0 Å². The van der Waals surface area contributed by atoms with E-state index in [0.717, 1.165) is 5.56 Å². The molecule has 4 heteroatoms. The van der Waals surface area contributed by atoms with Gasteiger partial charge in [-0.25, -0.2) is 8.42 Å². The average molecular weight is 228 g/mol. The van der Waals surface area contributed by atoms with E-state index in [1.807, 2.05) is 13.8 Å². The molecule has 0 aromatic heterocycles. The van der Waals surface area contributed by atoms with Crippen molar-refractivity contribution in [3.8, 4) is 0 Å². The van der Waals surface area contributed by atoms with Gasteiger partial charge in [0.05, 0.1) is 17.6 Å². The predicted octanol–water partition coefficient (Wildman–Crippen LogP) is 2.02. The fourth-order valence-electron chi connectivity index (χ4n) is 1.10. The molecule has 0 aliphatic heterocycles. The minimum absolute atomic E-state index is 0.180. The van der Waals surface area contributed by atoms with Gasteiger partial charge in [0.1, 0.15) is 0 Å². The van der Waals surface area contributed by atoms with Gasteiger partial charge in [0.15, 0.2) is 9.84 Å². The maximum Gasteiger partial charge on any atom is 0.175 e. The molecule has 3 nitrogen and oxygen atoms in total. The summed E-state index contributed by atoms with van der Waals surface area (Å²) in [5.41, 5.74) is 0.983. The molecule has 0 aliphatic carbocycles. The Bertz CT molecular complexity index is 404. The van der Waals surface area contributed by atoms with Crippen molar-refractivity contribution in [3.63, 3.8) is 0 Å². The summed E-state index contributed by atoms with van der Waals surface area (Å²) >= 11 is 0. The Morgan fingerprint density at radius 3 is 2.13 bits per heavy atom. The van der Waals surface area contributed by atoms with Crippen molar-refractivity contribution in [1.29, 1.82) is 0 Å². The molecule has 15 heavy (non-hydrogen) atoms. The van der Waals surface area contributed by atoms with E-state index in [-0.39, 0.29) is 6.10 Å². The fraction of sp³-hybridized carbons (Fsp3) is 0.455. The highest BCUT2D eigenvalue weighted by Gasteiger charge is 2.06. The highest BCUT2D eigenvalue weighted by Crippen LogP contribution is 2.11. The average Bonchev–Trinajstić information content (AvgIpc) is 2.14. The van der Waals surface area contributed by atoms with E-state index >= 15 is 0 Å². The van der Waals surface area contributed by atoms with E-state index in [0.29, 0.717) is 11.5 Å². The van der Waals surface area contributed by atoms with Crippen LogP contribution in [0.5, 0.6) is 0 Å². The van der Waals surface area contributed by atoms with Gasteiger partial charge in [-0.05, 0) is 31.5 Å². The lowest BCUT2D eigenvalue weighted by Crippen LogP contribution is -2.02. The molecule has 0 unspecified atom stereocenters. The molecule has 1 aromatic carbocycles. The second kappa shape index (κ2) is 4.77. The molecule has 0 bridgehead atoms. The van der Waals surface area contributed by atoms with Gasteiger partial charge in [0.25, 0.3) is 0 Å². The zero-order chi connectivity index (χ0) is 11.5. The third-order valence-corrected chi connectivity index (χ3v) is 3.06. The number of benzene rings is 1. The molecule has 0 atom stereocenters. The molecular formula is C11H16O3S. The van der Waals surface area contributed by atoms with Crippen molar-refractivity contribution in [3.05, 3.63) is 29.8 Å². The monoisotopic (exact) mass is 228 g/mol. The molecule has 0 fully saturated rings. The summed E-state index contributed by atoms with van der Waals surface area (Å²) in [4.78, 5) is 0.343. The van der Waals surface area contributed by atoms with Crippen LogP contribution in [-0.4, -0.2) is 20.8 Å². The Labute approximate surface area is 91.0 Å². The van der Waals surface area contributed by atoms with Crippen LogP contribution in [0.25, 0.3) is 0 Å². The zero-order valence-electron chi connectivity index (χ0n) is 9.23. The Morgan fingerprint density at radius 1 is 1.20 bits per heavy atom. The van der Waals surface area contributed by atoms with Gasteiger partial charge in [-0.3, -0.25) is 0 Å². The van der Waals surface area contributed by atoms with Crippen LogP contribution in [0.3, 0.4) is 0 Å². The Morgan fingerprint density at radius 2 is 1.73 bits per heavy atom. The predicted molar refractivity (Wildman–Crippen MR) is 59.5 cm³/mol. The molecule has 0 spiro atoms. The summed E-state index contributed by atoms with van der Waals surface area (Å²) in [6.07, 6.45) is 1.38.